The van der Waals surface area contributed by atoms with Gasteiger partial charge in [-0.1, -0.05) is 17.8 Å². The summed E-state index contributed by atoms with van der Waals surface area (Å²) in [7, 11) is 0. The third kappa shape index (κ3) is 3.38. The second-order valence-electron chi connectivity index (χ2n) is 4.56. The Labute approximate surface area is 116 Å². The van der Waals surface area contributed by atoms with Crippen LogP contribution in [0.3, 0.4) is 0 Å². The second-order valence-corrected chi connectivity index (χ2v) is 5.56. The van der Waals surface area contributed by atoms with E-state index >= 15 is 0 Å². The molecule has 4 nitrogen and oxygen atoms in total. The number of hydrogen-bond acceptors (Lipinski definition) is 3. The summed E-state index contributed by atoms with van der Waals surface area (Å²) in [5, 5.41) is 14.1. The van der Waals surface area contributed by atoms with Gasteiger partial charge in [-0.3, -0.25) is 4.79 Å². The Bertz CT molecular complexity index is 600. The van der Waals surface area contributed by atoms with Gasteiger partial charge >= 0.3 is 5.97 Å². The van der Waals surface area contributed by atoms with Crippen LogP contribution in [-0.2, 0) is 4.79 Å². The molecular formula is C14H16N2O2S. The zero-order valence-corrected chi connectivity index (χ0v) is 12.0. The molecule has 0 aliphatic carbocycles. The van der Waals surface area contributed by atoms with Gasteiger partial charge < -0.3 is 5.11 Å². The van der Waals surface area contributed by atoms with Crippen molar-refractivity contribution >= 4 is 17.7 Å². The van der Waals surface area contributed by atoms with Crippen molar-refractivity contribution in [2.24, 2.45) is 0 Å². The molecule has 1 aromatic heterocycles. The fraction of sp³-hybridized carbons (Fsp3) is 0.286. The summed E-state index contributed by atoms with van der Waals surface area (Å²) in [6.45, 7) is 5.98. The van der Waals surface area contributed by atoms with E-state index in [4.69, 9.17) is 5.11 Å². The molecule has 0 fully saturated rings. The number of carboxylic acids is 1. The van der Waals surface area contributed by atoms with E-state index in [2.05, 4.69) is 11.2 Å². The minimum Gasteiger partial charge on any atom is -0.481 e. The molecule has 2 aromatic rings. The summed E-state index contributed by atoms with van der Waals surface area (Å²) in [5.41, 5.74) is 4.18. The molecule has 0 atom stereocenters. The van der Waals surface area contributed by atoms with Gasteiger partial charge in [0.25, 0.3) is 0 Å². The summed E-state index contributed by atoms with van der Waals surface area (Å²) >= 11 is 1.28. The molecular weight excluding hydrogens is 260 g/mol. The first kappa shape index (κ1) is 13.7. The van der Waals surface area contributed by atoms with Crippen molar-refractivity contribution in [3.63, 3.8) is 0 Å². The minimum atomic E-state index is -0.823. The van der Waals surface area contributed by atoms with Crippen molar-refractivity contribution in [3.05, 3.63) is 41.1 Å². The first-order valence-electron chi connectivity index (χ1n) is 5.95. The van der Waals surface area contributed by atoms with Gasteiger partial charge in [0.1, 0.15) is 5.03 Å². The maximum absolute atomic E-state index is 10.7. The second kappa shape index (κ2) is 5.48. The third-order valence-corrected chi connectivity index (χ3v) is 3.57. The van der Waals surface area contributed by atoms with Crippen molar-refractivity contribution in [1.29, 1.82) is 0 Å². The topological polar surface area (TPSA) is 55.1 Å². The van der Waals surface area contributed by atoms with Crippen LogP contribution in [0.4, 0.5) is 0 Å². The number of nitrogens with zero attached hydrogens (tertiary/aromatic N) is 2. The van der Waals surface area contributed by atoms with E-state index < -0.39 is 5.97 Å². The van der Waals surface area contributed by atoms with Gasteiger partial charge in [0, 0.05) is 0 Å². The molecule has 0 bridgehead atoms. The van der Waals surface area contributed by atoms with E-state index in [1.54, 1.807) is 0 Å². The van der Waals surface area contributed by atoms with Crippen LogP contribution in [0.5, 0.6) is 0 Å². The van der Waals surface area contributed by atoms with Crippen molar-refractivity contribution in [3.8, 4) is 5.69 Å². The Kier molecular flexibility index (Phi) is 3.95. The Balaban J connectivity index is 2.40. The SMILES string of the molecule is Cc1cc(C)cc(-n2nc(C)cc2SCC(=O)O)c1. The van der Waals surface area contributed by atoms with Crippen LogP contribution in [-0.4, -0.2) is 26.6 Å². The number of aryl methyl sites for hydroxylation is 3. The first-order chi connectivity index (χ1) is 8.95. The number of hydrogen-bond donors (Lipinski definition) is 1. The molecule has 1 heterocycles. The van der Waals surface area contributed by atoms with Gasteiger partial charge in [-0.2, -0.15) is 5.10 Å². The minimum absolute atomic E-state index is 0.0376. The van der Waals surface area contributed by atoms with Crippen molar-refractivity contribution in [2.75, 3.05) is 5.75 Å². The molecule has 0 radical (unpaired) electrons. The zero-order valence-electron chi connectivity index (χ0n) is 11.2. The molecule has 0 saturated carbocycles. The van der Waals surface area contributed by atoms with Crippen molar-refractivity contribution in [2.45, 2.75) is 25.8 Å². The van der Waals surface area contributed by atoms with Gasteiger partial charge in [-0.25, -0.2) is 4.68 Å². The Morgan fingerprint density at radius 2 is 1.84 bits per heavy atom. The maximum Gasteiger partial charge on any atom is 0.313 e. The van der Waals surface area contributed by atoms with Crippen LogP contribution in [0.25, 0.3) is 5.69 Å². The highest BCUT2D eigenvalue weighted by atomic mass is 32.2. The standard InChI is InChI=1S/C14H16N2O2S/c1-9-4-10(2)6-12(5-9)16-13(7-11(3)15-16)19-8-14(17)18/h4-7H,8H2,1-3H3,(H,17,18). The summed E-state index contributed by atoms with van der Waals surface area (Å²) in [6, 6.07) is 8.10. The molecule has 0 aliphatic heterocycles. The van der Waals surface area contributed by atoms with E-state index in [9.17, 15) is 4.79 Å². The van der Waals surface area contributed by atoms with Gasteiger partial charge in [-0.05, 0) is 50.1 Å². The van der Waals surface area contributed by atoms with E-state index in [0.717, 1.165) is 27.5 Å². The van der Waals surface area contributed by atoms with E-state index in [1.165, 1.54) is 11.8 Å². The summed E-state index contributed by atoms with van der Waals surface area (Å²) < 4.78 is 1.81. The van der Waals surface area contributed by atoms with E-state index in [-0.39, 0.29) is 5.75 Å². The molecule has 1 N–H and O–H groups in total. The number of rotatable bonds is 4. The Morgan fingerprint density at radius 3 is 2.42 bits per heavy atom. The maximum atomic E-state index is 10.7. The molecule has 0 aliphatic rings. The quantitative estimate of drug-likeness (QED) is 0.872. The van der Waals surface area contributed by atoms with Crippen LogP contribution in [0.15, 0.2) is 29.3 Å². The fourth-order valence-corrected chi connectivity index (χ4v) is 2.77. The molecule has 100 valence electrons. The smallest absolute Gasteiger partial charge is 0.313 e. The lowest BCUT2D eigenvalue weighted by molar-refractivity contribution is -0.133. The fourth-order valence-electron chi connectivity index (χ4n) is 1.97. The van der Waals surface area contributed by atoms with Gasteiger partial charge in [0.2, 0.25) is 0 Å². The summed E-state index contributed by atoms with van der Waals surface area (Å²) in [4.78, 5) is 10.7. The van der Waals surface area contributed by atoms with Crippen LogP contribution < -0.4 is 0 Å². The zero-order chi connectivity index (χ0) is 14.0. The molecule has 1 aromatic carbocycles. The van der Waals surface area contributed by atoms with Crippen LogP contribution in [0.1, 0.15) is 16.8 Å². The monoisotopic (exact) mass is 276 g/mol. The summed E-state index contributed by atoms with van der Waals surface area (Å²) in [5.74, 6) is -0.786. The number of thioether (sulfide) groups is 1. The molecule has 19 heavy (non-hydrogen) atoms. The predicted octanol–water partition coefficient (Wildman–Crippen LogP) is 2.97. The number of aromatic nitrogens is 2. The largest absolute Gasteiger partial charge is 0.481 e. The van der Waals surface area contributed by atoms with Crippen LogP contribution >= 0.6 is 11.8 Å². The predicted molar refractivity (Wildman–Crippen MR) is 76.1 cm³/mol. The number of carbonyl (C=O) groups is 1. The lowest BCUT2D eigenvalue weighted by Crippen LogP contribution is -2.03. The lowest BCUT2D eigenvalue weighted by Gasteiger charge is -2.08. The average molecular weight is 276 g/mol. The molecule has 0 unspecified atom stereocenters. The Morgan fingerprint density at radius 1 is 1.21 bits per heavy atom. The van der Waals surface area contributed by atoms with Crippen molar-refractivity contribution in [1.82, 2.24) is 9.78 Å². The molecule has 2 rings (SSSR count). The molecule has 5 heteroatoms. The number of carboxylic acid groups (broad SMARTS) is 1. The van der Waals surface area contributed by atoms with Crippen LogP contribution in [0.2, 0.25) is 0 Å². The van der Waals surface area contributed by atoms with Crippen molar-refractivity contribution < 1.29 is 9.90 Å². The van der Waals surface area contributed by atoms with Crippen LogP contribution in [0, 0.1) is 20.8 Å². The van der Waals surface area contributed by atoms with Gasteiger partial charge in [0.15, 0.2) is 0 Å². The van der Waals surface area contributed by atoms with Gasteiger partial charge in [0.05, 0.1) is 17.1 Å². The number of benzene rings is 1. The highest BCUT2D eigenvalue weighted by molar-refractivity contribution is 7.99. The van der Waals surface area contributed by atoms with E-state index in [1.807, 2.05) is 43.7 Å². The summed E-state index contributed by atoms with van der Waals surface area (Å²) in [6.07, 6.45) is 0. The molecule has 0 saturated heterocycles. The first-order valence-corrected chi connectivity index (χ1v) is 6.94. The van der Waals surface area contributed by atoms with Gasteiger partial charge in [-0.15, -0.1) is 0 Å². The number of aliphatic carboxylic acids is 1. The lowest BCUT2D eigenvalue weighted by atomic mass is 10.1. The highest BCUT2D eigenvalue weighted by Gasteiger charge is 2.10. The molecule has 0 amide bonds. The normalized spacial score (nSPS) is 10.7. The Hall–Kier alpha value is -1.75. The highest BCUT2D eigenvalue weighted by Crippen LogP contribution is 2.24. The van der Waals surface area contributed by atoms with E-state index in [0.29, 0.717) is 0 Å². The molecule has 0 spiro atoms. The third-order valence-electron chi connectivity index (χ3n) is 2.59. The average Bonchev–Trinajstić information content (AvgIpc) is 2.66.